The SMILES string of the molecule is O=S1CCCCc2nc(N3CCC(c4ncc(Cl)cn4)CC3)nc(NC3(CO)CCC3)c21. The van der Waals surface area contributed by atoms with E-state index in [1.807, 2.05) is 0 Å². The second-order valence-corrected chi connectivity index (χ2v) is 11.0. The molecule has 1 atom stereocenters. The smallest absolute Gasteiger partial charge is 0.227 e. The van der Waals surface area contributed by atoms with Crippen LogP contribution in [0.3, 0.4) is 0 Å². The Morgan fingerprint density at radius 2 is 1.91 bits per heavy atom. The number of anilines is 2. The second kappa shape index (κ2) is 9.19. The molecule has 0 bridgehead atoms. The summed E-state index contributed by atoms with van der Waals surface area (Å²) in [6, 6.07) is 0. The Morgan fingerprint density at radius 3 is 2.56 bits per heavy atom. The fourth-order valence-electron chi connectivity index (χ4n) is 4.79. The monoisotopic (exact) mass is 476 g/mol. The van der Waals surface area contributed by atoms with Gasteiger partial charge in [0.25, 0.3) is 0 Å². The van der Waals surface area contributed by atoms with E-state index in [9.17, 15) is 9.32 Å². The van der Waals surface area contributed by atoms with E-state index >= 15 is 0 Å². The molecule has 32 heavy (non-hydrogen) atoms. The van der Waals surface area contributed by atoms with E-state index in [0.29, 0.717) is 28.5 Å². The van der Waals surface area contributed by atoms with E-state index in [1.165, 1.54) is 0 Å². The summed E-state index contributed by atoms with van der Waals surface area (Å²) in [5.74, 6) is 3.12. The summed E-state index contributed by atoms with van der Waals surface area (Å²) in [6.07, 6.45) is 10.7. The number of aliphatic hydroxyl groups is 1. The number of hydrogen-bond donors (Lipinski definition) is 2. The van der Waals surface area contributed by atoms with Crippen molar-refractivity contribution in [2.75, 3.05) is 35.7 Å². The van der Waals surface area contributed by atoms with Gasteiger partial charge in [0.05, 0.1) is 33.7 Å². The standard InChI is InChI=1S/C22H29ClN6O2S/c23-16-12-24-19(25-13-16)15-5-9-29(10-6-15)21-26-17-4-1-2-11-32(31)18(17)20(27-21)28-22(14-30)7-3-8-22/h12-13,15,30H,1-11,14H2,(H,26,27,28). The molecule has 1 saturated carbocycles. The molecule has 0 aromatic carbocycles. The zero-order valence-electron chi connectivity index (χ0n) is 18.1. The fourth-order valence-corrected chi connectivity index (χ4v) is 6.29. The van der Waals surface area contributed by atoms with Crippen LogP contribution in [0.25, 0.3) is 0 Å². The van der Waals surface area contributed by atoms with Crippen LogP contribution in [0.5, 0.6) is 0 Å². The molecule has 4 heterocycles. The molecule has 2 aromatic heterocycles. The molecule has 1 unspecified atom stereocenters. The topological polar surface area (TPSA) is 104 Å². The molecule has 2 aromatic rings. The van der Waals surface area contributed by atoms with Crippen molar-refractivity contribution in [2.24, 2.45) is 0 Å². The molecule has 0 amide bonds. The number of rotatable bonds is 5. The molecule has 2 N–H and O–H groups in total. The first-order valence-corrected chi connectivity index (χ1v) is 13.2. The number of fused-ring (bicyclic) bond motifs is 1. The van der Waals surface area contributed by atoms with E-state index in [-0.39, 0.29) is 12.1 Å². The van der Waals surface area contributed by atoms with Gasteiger partial charge in [0.2, 0.25) is 5.95 Å². The van der Waals surface area contributed by atoms with Gasteiger partial charge in [-0.1, -0.05) is 11.6 Å². The van der Waals surface area contributed by atoms with Crippen molar-refractivity contribution in [3.05, 3.63) is 28.9 Å². The van der Waals surface area contributed by atoms with E-state index in [0.717, 1.165) is 80.9 Å². The van der Waals surface area contributed by atoms with E-state index < -0.39 is 10.8 Å². The molecule has 2 fully saturated rings. The first-order valence-electron chi connectivity index (χ1n) is 11.5. The van der Waals surface area contributed by atoms with Crippen molar-refractivity contribution in [1.29, 1.82) is 0 Å². The van der Waals surface area contributed by atoms with Crippen LogP contribution in [-0.2, 0) is 17.2 Å². The van der Waals surface area contributed by atoms with Crippen molar-refractivity contribution in [2.45, 2.75) is 67.7 Å². The third kappa shape index (κ3) is 4.34. The Labute approximate surface area is 195 Å². The van der Waals surface area contributed by atoms with E-state index in [2.05, 4.69) is 20.2 Å². The minimum absolute atomic E-state index is 0.0558. The number of halogens is 1. The molecule has 0 radical (unpaired) electrons. The van der Waals surface area contributed by atoms with Crippen molar-refractivity contribution < 1.29 is 9.32 Å². The van der Waals surface area contributed by atoms with Gasteiger partial charge in [0, 0.05) is 37.2 Å². The fraction of sp³-hybridized carbons (Fsp3) is 0.636. The molecular weight excluding hydrogens is 448 g/mol. The predicted molar refractivity (Wildman–Crippen MR) is 125 cm³/mol. The minimum atomic E-state index is -1.12. The molecule has 8 nitrogen and oxygen atoms in total. The summed E-state index contributed by atoms with van der Waals surface area (Å²) >= 11 is 5.93. The number of aliphatic hydroxyl groups excluding tert-OH is 1. The quantitative estimate of drug-likeness (QED) is 0.678. The number of aromatic nitrogens is 4. The first-order chi connectivity index (χ1) is 15.6. The van der Waals surface area contributed by atoms with Gasteiger partial charge in [-0.05, 0) is 51.4 Å². The van der Waals surface area contributed by atoms with Gasteiger partial charge in [-0.2, -0.15) is 4.98 Å². The van der Waals surface area contributed by atoms with Crippen LogP contribution in [0.2, 0.25) is 5.02 Å². The number of piperidine rings is 1. The summed E-state index contributed by atoms with van der Waals surface area (Å²) in [6.45, 7) is 1.67. The van der Waals surface area contributed by atoms with Crippen LogP contribution in [0.15, 0.2) is 17.3 Å². The molecular formula is C22H29ClN6O2S. The Bertz CT molecular complexity index is 987. The lowest BCUT2D eigenvalue weighted by molar-refractivity contribution is 0.143. The number of nitrogens with zero attached hydrogens (tertiary/aromatic N) is 5. The zero-order chi connectivity index (χ0) is 22.1. The van der Waals surface area contributed by atoms with Gasteiger partial charge in [-0.3, -0.25) is 4.21 Å². The summed E-state index contributed by atoms with van der Waals surface area (Å²) in [5.41, 5.74) is 0.540. The number of aryl methyl sites for hydroxylation is 1. The Balaban J connectivity index is 1.40. The van der Waals surface area contributed by atoms with Gasteiger partial charge in [-0.15, -0.1) is 0 Å². The maximum Gasteiger partial charge on any atom is 0.227 e. The maximum absolute atomic E-state index is 13.0. The van der Waals surface area contributed by atoms with Gasteiger partial charge >= 0.3 is 0 Å². The summed E-state index contributed by atoms with van der Waals surface area (Å²) in [5, 5.41) is 14.0. The predicted octanol–water partition coefficient (Wildman–Crippen LogP) is 3.07. The first kappa shape index (κ1) is 22.0. The molecule has 1 aliphatic carbocycles. The third-order valence-corrected chi connectivity index (χ3v) is 8.66. The molecule has 5 rings (SSSR count). The highest BCUT2D eigenvalue weighted by atomic mass is 35.5. The van der Waals surface area contributed by atoms with Gasteiger partial charge in [0.1, 0.15) is 16.5 Å². The number of hydrogen-bond acceptors (Lipinski definition) is 8. The van der Waals surface area contributed by atoms with Crippen molar-refractivity contribution in [3.8, 4) is 0 Å². The lowest BCUT2D eigenvalue weighted by Gasteiger charge is -2.42. The van der Waals surface area contributed by atoms with E-state index in [4.69, 9.17) is 21.6 Å². The van der Waals surface area contributed by atoms with Gasteiger partial charge in [-0.25, -0.2) is 15.0 Å². The molecule has 2 aliphatic heterocycles. The van der Waals surface area contributed by atoms with E-state index in [1.54, 1.807) is 12.4 Å². The van der Waals surface area contributed by atoms with Crippen LogP contribution >= 0.6 is 11.6 Å². The highest BCUT2D eigenvalue weighted by molar-refractivity contribution is 7.85. The van der Waals surface area contributed by atoms with Crippen LogP contribution in [0.1, 0.15) is 62.4 Å². The summed E-state index contributed by atoms with van der Waals surface area (Å²) in [7, 11) is -1.12. The van der Waals surface area contributed by atoms with Crippen LogP contribution in [-0.4, -0.2) is 60.2 Å². The summed E-state index contributed by atoms with van der Waals surface area (Å²) < 4.78 is 13.0. The molecule has 10 heteroatoms. The normalized spacial score (nSPS) is 23.2. The molecule has 0 spiro atoms. The zero-order valence-corrected chi connectivity index (χ0v) is 19.7. The lowest BCUT2D eigenvalue weighted by atomic mass is 9.77. The Morgan fingerprint density at radius 1 is 1.16 bits per heavy atom. The minimum Gasteiger partial charge on any atom is -0.394 e. The number of nitrogens with one attached hydrogen (secondary N) is 1. The van der Waals surface area contributed by atoms with Gasteiger partial charge in [0.15, 0.2) is 0 Å². The highest BCUT2D eigenvalue weighted by Gasteiger charge is 2.38. The average molecular weight is 477 g/mol. The van der Waals surface area contributed by atoms with Gasteiger partial charge < -0.3 is 15.3 Å². The Hall–Kier alpha value is -1.84. The molecule has 1 saturated heterocycles. The van der Waals surface area contributed by atoms with Crippen LogP contribution in [0.4, 0.5) is 11.8 Å². The Kier molecular flexibility index (Phi) is 6.31. The second-order valence-electron chi connectivity index (χ2n) is 9.09. The van der Waals surface area contributed by atoms with Crippen LogP contribution < -0.4 is 10.2 Å². The average Bonchev–Trinajstić information content (AvgIpc) is 2.98. The molecule has 3 aliphatic rings. The highest BCUT2D eigenvalue weighted by Crippen LogP contribution is 2.38. The summed E-state index contributed by atoms with van der Waals surface area (Å²) in [4.78, 5) is 21.5. The molecule has 172 valence electrons. The largest absolute Gasteiger partial charge is 0.394 e. The maximum atomic E-state index is 13.0. The van der Waals surface area contributed by atoms with Crippen molar-refractivity contribution in [1.82, 2.24) is 19.9 Å². The third-order valence-electron chi connectivity index (χ3n) is 6.93. The van der Waals surface area contributed by atoms with Crippen molar-refractivity contribution >= 4 is 34.2 Å². The van der Waals surface area contributed by atoms with Crippen LogP contribution in [0, 0.1) is 0 Å². The lowest BCUT2D eigenvalue weighted by Crippen LogP contribution is -2.49. The van der Waals surface area contributed by atoms with Crippen molar-refractivity contribution in [3.63, 3.8) is 0 Å².